The molecule has 3 heterocycles. The standard InChI is InChI=1S/C23H25F3N4O4/c1-12-3-4-15(24)18(16(12)25)29-20-17(26)21(28-11-27-20)33-19-13-7-30(8-14(19)10-32-9-13)22(31)34-23(2)5-6-23/h3-4,11,13-14,19H,5-10H2,1-2H3,(H,27,28,29). The number of halogens is 3. The lowest BCUT2D eigenvalue weighted by Crippen LogP contribution is -2.59. The number of piperidine rings is 1. The molecule has 1 aromatic heterocycles. The summed E-state index contributed by atoms with van der Waals surface area (Å²) in [6.45, 7) is 4.72. The number of carbonyl (C=O) groups is 1. The molecule has 1 aliphatic carbocycles. The van der Waals surface area contributed by atoms with Gasteiger partial charge in [-0.15, -0.1) is 0 Å². The van der Waals surface area contributed by atoms with Gasteiger partial charge < -0.3 is 24.4 Å². The average molecular weight is 478 g/mol. The second kappa shape index (κ2) is 8.61. The van der Waals surface area contributed by atoms with Crippen molar-refractivity contribution in [1.82, 2.24) is 14.9 Å². The van der Waals surface area contributed by atoms with E-state index in [2.05, 4.69) is 15.3 Å². The number of fused-ring (bicyclic) bond motifs is 2. The molecule has 2 aromatic rings. The van der Waals surface area contributed by atoms with E-state index in [9.17, 15) is 13.6 Å². The molecule has 3 aliphatic rings. The maximum absolute atomic E-state index is 15.2. The van der Waals surface area contributed by atoms with E-state index in [0.717, 1.165) is 25.2 Å². The second-order valence-electron chi connectivity index (χ2n) is 9.38. The highest BCUT2D eigenvalue weighted by molar-refractivity contribution is 5.68. The summed E-state index contributed by atoms with van der Waals surface area (Å²) in [6.07, 6.45) is 1.94. The van der Waals surface area contributed by atoms with Crippen LogP contribution in [0.25, 0.3) is 0 Å². The number of hydrogen-bond donors (Lipinski definition) is 1. The Hall–Kier alpha value is -3.08. The van der Waals surface area contributed by atoms with Gasteiger partial charge in [-0.1, -0.05) is 6.07 Å². The van der Waals surface area contributed by atoms with Crippen LogP contribution in [-0.4, -0.2) is 59.0 Å². The van der Waals surface area contributed by atoms with Crippen LogP contribution in [0.5, 0.6) is 5.88 Å². The minimum absolute atomic E-state index is 0.198. The van der Waals surface area contributed by atoms with E-state index in [1.807, 2.05) is 6.92 Å². The lowest BCUT2D eigenvalue weighted by atomic mass is 9.84. The van der Waals surface area contributed by atoms with Gasteiger partial charge in [-0.3, -0.25) is 0 Å². The Morgan fingerprint density at radius 2 is 1.85 bits per heavy atom. The number of aromatic nitrogens is 2. The fourth-order valence-electron chi connectivity index (χ4n) is 4.34. The summed E-state index contributed by atoms with van der Waals surface area (Å²) in [5.74, 6) is -3.87. The molecule has 8 nitrogen and oxygen atoms in total. The lowest BCUT2D eigenvalue weighted by molar-refractivity contribution is -0.112. The Kier molecular flexibility index (Phi) is 5.75. The van der Waals surface area contributed by atoms with E-state index in [1.54, 1.807) is 4.90 Å². The summed E-state index contributed by atoms with van der Waals surface area (Å²) in [7, 11) is 0. The number of benzene rings is 1. The van der Waals surface area contributed by atoms with Gasteiger partial charge in [0, 0.05) is 24.9 Å². The Bertz CT molecular complexity index is 1100. The zero-order chi connectivity index (χ0) is 24.0. The van der Waals surface area contributed by atoms with E-state index < -0.39 is 35.1 Å². The molecule has 2 saturated heterocycles. The molecule has 5 rings (SSSR count). The van der Waals surface area contributed by atoms with Crippen LogP contribution in [0.3, 0.4) is 0 Å². The number of nitrogens with zero attached hydrogens (tertiary/aromatic N) is 3. The highest BCUT2D eigenvalue weighted by Gasteiger charge is 2.47. The van der Waals surface area contributed by atoms with Crippen molar-refractivity contribution < 1.29 is 32.2 Å². The van der Waals surface area contributed by atoms with Crippen molar-refractivity contribution in [3.8, 4) is 5.88 Å². The van der Waals surface area contributed by atoms with Gasteiger partial charge in [0.25, 0.3) is 5.88 Å². The van der Waals surface area contributed by atoms with Crippen LogP contribution in [0.2, 0.25) is 0 Å². The van der Waals surface area contributed by atoms with Crippen molar-refractivity contribution in [2.45, 2.75) is 38.4 Å². The molecule has 3 fully saturated rings. The lowest BCUT2D eigenvalue weighted by Gasteiger charge is -2.46. The summed E-state index contributed by atoms with van der Waals surface area (Å²) in [4.78, 5) is 21.9. The van der Waals surface area contributed by atoms with Gasteiger partial charge in [-0.05, 0) is 38.3 Å². The summed E-state index contributed by atoms with van der Waals surface area (Å²) in [5.41, 5.74) is -0.687. The predicted octanol–water partition coefficient (Wildman–Crippen LogP) is 3.96. The zero-order valence-corrected chi connectivity index (χ0v) is 18.8. The summed E-state index contributed by atoms with van der Waals surface area (Å²) in [5, 5.41) is 2.38. The van der Waals surface area contributed by atoms with Crippen LogP contribution in [-0.2, 0) is 9.47 Å². The number of anilines is 2. The minimum Gasteiger partial charge on any atom is -0.471 e. The number of carbonyl (C=O) groups excluding carboxylic acids is 1. The van der Waals surface area contributed by atoms with Crippen LogP contribution in [0.4, 0.5) is 29.5 Å². The van der Waals surface area contributed by atoms with Crippen molar-refractivity contribution in [3.63, 3.8) is 0 Å². The third kappa shape index (κ3) is 4.36. The third-order valence-corrected chi connectivity index (χ3v) is 6.58. The molecular weight excluding hydrogens is 453 g/mol. The van der Waals surface area contributed by atoms with Crippen molar-refractivity contribution in [3.05, 3.63) is 41.5 Å². The van der Waals surface area contributed by atoms with Crippen molar-refractivity contribution >= 4 is 17.6 Å². The highest BCUT2D eigenvalue weighted by atomic mass is 19.1. The van der Waals surface area contributed by atoms with Crippen molar-refractivity contribution in [1.29, 1.82) is 0 Å². The molecule has 11 heteroatoms. The van der Waals surface area contributed by atoms with E-state index >= 15 is 4.39 Å². The van der Waals surface area contributed by atoms with Gasteiger partial charge >= 0.3 is 6.09 Å². The molecule has 1 N–H and O–H groups in total. The molecule has 1 saturated carbocycles. The molecule has 2 unspecified atom stereocenters. The summed E-state index contributed by atoms with van der Waals surface area (Å²) in [6, 6.07) is 2.37. The monoisotopic (exact) mass is 478 g/mol. The number of aryl methyl sites for hydroxylation is 1. The van der Waals surface area contributed by atoms with E-state index in [-0.39, 0.29) is 35.0 Å². The van der Waals surface area contributed by atoms with Crippen molar-refractivity contribution in [2.75, 3.05) is 31.6 Å². The Morgan fingerprint density at radius 1 is 1.15 bits per heavy atom. The summed E-state index contributed by atoms with van der Waals surface area (Å²) < 4.78 is 60.8. The third-order valence-electron chi connectivity index (χ3n) is 6.58. The van der Waals surface area contributed by atoms with Crippen LogP contribution in [0.1, 0.15) is 25.3 Å². The molecule has 34 heavy (non-hydrogen) atoms. The number of likely N-dealkylation sites (tertiary alicyclic amines) is 1. The first-order valence-electron chi connectivity index (χ1n) is 11.2. The molecule has 0 spiro atoms. The topological polar surface area (TPSA) is 85.8 Å². The average Bonchev–Trinajstić information content (AvgIpc) is 3.52. The number of hydrogen-bond acceptors (Lipinski definition) is 7. The molecule has 2 bridgehead atoms. The van der Waals surface area contributed by atoms with E-state index in [4.69, 9.17) is 14.2 Å². The number of amides is 1. The predicted molar refractivity (Wildman–Crippen MR) is 114 cm³/mol. The van der Waals surface area contributed by atoms with E-state index in [0.29, 0.717) is 26.3 Å². The molecule has 182 valence electrons. The minimum atomic E-state index is -0.967. The SMILES string of the molecule is Cc1ccc(F)c(Nc2ncnc(OC3C4COCC3CN(C(=O)OC3(C)CC3)C4)c2F)c1F. The molecule has 0 radical (unpaired) electrons. The second-order valence-corrected chi connectivity index (χ2v) is 9.38. The normalized spacial score (nSPS) is 25.0. The fraction of sp³-hybridized carbons (Fsp3) is 0.522. The number of ether oxygens (including phenoxy) is 3. The first kappa shape index (κ1) is 22.7. The van der Waals surface area contributed by atoms with Gasteiger partial charge in [0.2, 0.25) is 5.82 Å². The first-order valence-corrected chi connectivity index (χ1v) is 11.2. The Morgan fingerprint density at radius 3 is 2.53 bits per heavy atom. The van der Waals surface area contributed by atoms with Crippen LogP contribution in [0.15, 0.2) is 18.5 Å². The van der Waals surface area contributed by atoms with E-state index in [1.165, 1.54) is 13.0 Å². The Balaban J connectivity index is 1.32. The van der Waals surface area contributed by atoms with Crippen LogP contribution >= 0.6 is 0 Å². The quantitative estimate of drug-likeness (QED) is 0.696. The maximum atomic E-state index is 15.2. The zero-order valence-electron chi connectivity index (χ0n) is 18.8. The summed E-state index contributed by atoms with van der Waals surface area (Å²) >= 11 is 0. The van der Waals surface area contributed by atoms with Crippen molar-refractivity contribution in [2.24, 2.45) is 11.8 Å². The number of nitrogens with one attached hydrogen (secondary N) is 1. The van der Waals surface area contributed by atoms with Crippen LogP contribution < -0.4 is 10.1 Å². The highest BCUT2D eigenvalue weighted by Crippen LogP contribution is 2.40. The Labute approximate surface area is 194 Å². The largest absolute Gasteiger partial charge is 0.471 e. The van der Waals surface area contributed by atoms with Gasteiger partial charge in [0.15, 0.2) is 11.6 Å². The molecular formula is C23H25F3N4O4. The molecule has 1 aromatic carbocycles. The smallest absolute Gasteiger partial charge is 0.410 e. The van der Waals surface area contributed by atoms with Crippen LogP contribution in [0, 0.1) is 36.2 Å². The number of rotatable bonds is 5. The van der Waals surface area contributed by atoms with Gasteiger partial charge in [0.05, 0.1) is 13.2 Å². The first-order chi connectivity index (χ1) is 16.2. The van der Waals surface area contributed by atoms with Gasteiger partial charge in [0.1, 0.15) is 29.5 Å². The molecule has 2 atom stereocenters. The fourth-order valence-corrected chi connectivity index (χ4v) is 4.34. The molecule has 2 aliphatic heterocycles. The molecule has 1 amide bonds. The maximum Gasteiger partial charge on any atom is 0.410 e. The van der Waals surface area contributed by atoms with Gasteiger partial charge in [-0.2, -0.15) is 9.37 Å². The van der Waals surface area contributed by atoms with Gasteiger partial charge in [-0.25, -0.2) is 18.6 Å².